The molecule has 0 aliphatic rings. The zero-order valence-corrected chi connectivity index (χ0v) is 11.1. The average molecular weight is 312 g/mol. The van der Waals surface area contributed by atoms with Gasteiger partial charge in [-0.25, -0.2) is 4.98 Å². The lowest BCUT2D eigenvalue weighted by Gasteiger charge is -2.09. The van der Waals surface area contributed by atoms with Crippen molar-refractivity contribution in [3.8, 4) is 11.6 Å². The Balaban J connectivity index is 2.05. The highest BCUT2D eigenvalue weighted by molar-refractivity contribution is 6.04. The number of phenols is 1. The van der Waals surface area contributed by atoms with Gasteiger partial charge in [-0.05, 0) is 30.3 Å². The normalized spacial score (nSPS) is 11.0. The van der Waals surface area contributed by atoms with Crippen molar-refractivity contribution in [2.24, 2.45) is 0 Å². The molecule has 0 unspecified atom stereocenters. The first-order valence-corrected chi connectivity index (χ1v) is 6.09. The van der Waals surface area contributed by atoms with Crippen LogP contribution in [0.1, 0.15) is 10.4 Å². The van der Waals surface area contributed by atoms with Crippen molar-refractivity contribution < 1.29 is 27.8 Å². The standard InChI is InChI=1S/C14H11F3N2O3/c15-14(16,17)8-22-12-7-9(5-6-18-12)13(21)19-10-1-3-11(20)4-2-10/h1-7,20H,8H2,(H,19,21). The minimum atomic E-state index is -4.48. The summed E-state index contributed by atoms with van der Waals surface area (Å²) < 4.78 is 40.7. The number of anilines is 1. The van der Waals surface area contributed by atoms with Gasteiger partial charge in [-0.3, -0.25) is 4.79 Å². The predicted octanol–water partition coefficient (Wildman–Crippen LogP) is 2.98. The highest BCUT2D eigenvalue weighted by Gasteiger charge is 2.28. The Labute approximate surface area is 123 Å². The van der Waals surface area contributed by atoms with Gasteiger partial charge in [-0.1, -0.05) is 0 Å². The number of aromatic nitrogens is 1. The summed E-state index contributed by atoms with van der Waals surface area (Å²) in [6, 6.07) is 8.20. The van der Waals surface area contributed by atoms with Crippen molar-refractivity contribution >= 4 is 11.6 Å². The average Bonchev–Trinajstić information content (AvgIpc) is 2.47. The van der Waals surface area contributed by atoms with Gasteiger partial charge in [0.2, 0.25) is 5.88 Å². The second-order valence-corrected chi connectivity index (χ2v) is 4.29. The fourth-order valence-electron chi connectivity index (χ4n) is 1.53. The highest BCUT2D eigenvalue weighted by Crippen LogP contribution is 2.19. The molecule has 0 saturated carbocycles. The first-order chi connectivity index (χ1) is 10.3. The molecule has 0 atom stereocenters. The zero-order valence-electron chi connectivity index (χ0n) is 11.1. The summed E-state index contributed by atoms with van der Waals surface area (Å²) in [5.74, 6) is -0.787. The van der Waals surface area contributed by atoms with Crippen LogP contribution in [-0.4, -0.2) is 28.8 Å². The molecule has 0 radical (unpaired) electrons. The number of alkyl halides is 3. The number of pyridine rings is 1. The fourth-order valence-corrected chi connectivity index (χ4v) is 1.53. The summed E-state index contributed by atoms with van der Waals surface area (Å²) in [6.45, 7) is -1.48. The third-order valence-electron chi connectivity index (χ3n) is 2.51. The first-order valence-electron chi connectivity index (χ1n) is 6.09. The van der Waals surface area contributed by atoms with E-state index in [-0.39, 0.29) is 17.2 Å². The van der Waals surface area contributed by atoms with Gasteiger partial charge in [-0.15, -0.1) is 0 Å². The molecule has 1 aromatic heterocycles. The molecule has 22 heavy (non-hydrogen) atoms. The smallest absolute Gasteiger partial charge is 0.422 e. The number of benzene rings is 1. The lowest BCUT2D eigenvalue weighted by molar-refractivity contribution is -0.154. The van der Waals surface area contributed by atoms with Crippen molar-refractivity contribution in [1.29, 1.82) is 0 Å². The molecular formula is C14H11F3N2O3. The van der Waals surface area contributed by atoms with E-state index in [0.29, 0.717) is 5.69 Å². The van der Waals surface area contributed by atoms with Crippen LogP contribution >= 0.6 is 0 Å². The first kappa shape index (κ1) is 15.6. The summed E-state index contributed by atoms with van der Waals surface area (Å²) in [6.07, 6.45) is -3.30. The Bertz CT molecular complexity index is 657. The number of carbonyl (C=O) groups is 1. The van der Waals surface area contributed by atoms with Gasteiger partial charge in [0.1, 0.15) is 5.75 Å². The molecule has 2 aromatic rings. The molecule has 2 N–H and O–H groups in total. The fraction of sp³-hybridized carbons (Fsp3) is 0.143. The highest BCUT2D eigenvalue weighted by atomic mass is 19.4. The minimum absolute atomic E-state index is 0.0461. The molecule has 0 bridgehead atoms. The van der Waals surface area contributed by atoms with Crippen molar-refractivity contribution in [2.45, 2.75) is 6.18 Å². The van der Waals surface area contributed by atoms with Gasteiger partial charge in [0, 0.05) is 23.5 Å². The van der Waals surface area contributed by atoms with Crippen molar-refractivity contribution in [3.63, 3.8) is 0 Å². The largest absolute Gasteiger partial charge is 0.508 e. The third-order valence-corrected chi connectivity index (χ3v) is 2.51. The van der Waals surface area contributed by atoms with E-state index in [1.807, 2.05) is 0 Å². The molecule has 5 nitrogen and oxygen atoms in total. The van der Waals surface area contributed by atoms with Crippen LogP contribution in [-0.2, 0) is 0 Å². The molecule has 8 heteroatoms. The lowest BCUT2D eigenvalue weighted by Crippen LogP contribution is -2.20. The molecule has 0 fully saturated rings. The van der Waals surface area contributed by atoms with Gasteiger partial charge >= 0.3 is 6.18 Å². The van der Waals surface area contributed by atoms with Crippen LogP contribution in [0.2, 0.25) is 0 Å². The summed E-state index contributed by atoms with van der Waals surface area (Å²) in [5, 5.41) is 11.7. The maximum atomic E-state index is 12.1. The number of aromatic hydroxyl groups is 1. The number of rotatable bonds is 4. The molecule has 1 aromatic carbocycles. The summed E-state index contributed by atoms with van der Waals surface area (Å²) >= 11 is 0. The van der Waals surface area contributed by atoms with E-state index in [4.69, 9.17) is 5.11 Å². The number of phenolic OH excluding ortho intramolecular Hbond substituents is 1. The van der Waals surface area contributed by atoms with Crippen LogP contribution < -0.4 is 10.1 Å². The SMILES string of the molecule is O=C(Nc1ccc(O)cc1)c1ccnc(OCC(F)(F)F)c1. The topological polar surface area (TPSA) is 71.5 Å². The number of nitrogens with zero attached hydrogens (tertiary/aromatic N) is 1. The molecule has 2 rings (SSSR count). The number of halogens is 3. The maximum absolute atomic E-state index is 12.1. The summed E-state index contributed by atoms with van der Waals surface area (Å²) in [4.78, 5) is 15.6. The van der Waals surface area contributed by atoms with Gasteiger partial charge in [-0.2, -0.15) is 13.2 Å². The molecule has 0 spiro atoms. The maximum Gasteiger partial charge on any atom is 0.422 e. The van der Waals surface area contributed by atoms with Crippen LogP contribution in [0.5, 0.6) is 11.6 Å². The molecule has 116 valence electrons. The Morgan fingerprint density at radius 2 is 1.91 bits per heavy atom. The van der Waals surface area contributed by atoms with Crippen LogP contribution in [0.4, 0.5) is 18.9 Å². The summed E-state index contributed by atoms with van der Waals surface area (Å²) in [5.41, 5.74) is 0.526. The molecule has 0 aliphatic carbocycles. The monoisotopic (exact) mass is 312 g/mol. The van der Waals surface area contributed by atoms with Crippen LogP contribution in [0.25, 0.3) is 0 Å². The van der Waals surface area contributed by atoms with E-state index in [0.717, 1.165) is 6.07 Å². The van der Waals surface area contributed by atoms with Crippen LogP contribution in [0, 0.1) is 0 Å². The number of amides is 1. The quantitative estimate of drug-likeness (QED) is 0.851. The second kappa shape index (κ2) is 6.33. The number of nitrogens with one attached hydrogen (secondary N) is 1. The lowest BCUT2D eigenvalue weighted by atomic mass is 10.2. The van der Waals surface area contributed by atoms with Crippen LogP contribution in [0.15, 0.2) is 42.6 Å². The van der Waals surface area contributed by atoms with Crippen molar-refractivity contribution in [2.75, 3.05) is 11.9 Å². The Hall–Kier alpha value is -2.77. The van der Waals surface area contributed by atoms with Gasteiger partial charge < -0.3 is 15.2 Å². The zero-order chi connectivity index (χ0) is 16.2. The number of ether oxygens (including phenoxy) is 1. The number of carbonyl (C=O) groups excluding carboxylic acids is 1. The Morgan fingerprint density at radius 1 is 1.23 bits per heavy atom. The molecule has 0 saturated heterocycles. The molecular weight excluding hydrogens is 301 g/mol. The van der Waals surface area contributed by atoms with E-state index < -0.39 is 18.7 Å². The second-order valence-electron chi connectivity index (χ2n) is 4.29. The number of hydrogen-bond acceptors (Lipinski definition) is 4. The van der Waals surface area contributed by atoms with E-state index in [9.17, 15) is 18.0 Å². The Morgan fingerprint density at radius 3 is 2.55 bits per heavy atom. The van der Waals surface area contributed by atoms with Gasteiger partial charge in [0.25, 0.3) is 5.91 Å². The third kappa shape index (κ3) is 4.65. The predicted molar refractivity (Wildman–Crippen MR) is 71.8 cm³/mol. The van der Waals surface area contributed by atoms with E-state index in [1.54, 1.807) is 0 Å². The van der Waals surface area contributed by atoms with E-state index >= 15 is 0 Å². The van der Waals surface area contributed by atoms with E-state index in [1.165, 1.54) is 36.5 Å². The number of hydrogen-bond donors (Lipinski definition) is 2. The van der Waals surface area contributed by atoms with Gasteiger partial charge in [0.15, 0.2) is 6.61 Å². The van der Waals surface area contributed by atoms with Gasteiger partial charge in [0.05, 0.1) is 0 Å². The van der Waals surface area contributed by atoms with Crippen LogP contribution in [0.3, 0.4) is 0 Å². The van der Waals surface area contributed by atoms with Crippen molar-refractivity contribution in [3.05, 3.63) is 48.2 Å². The Kier molecular flexibility index (Phi) is 4.50. The minimum Gasteiger partial charge on any atom is -0.508 e. The van der Waals surface area contributed by atoms with Crippen molar-refractivity contribution in [1.82, 2.24) is 4.98 Å². The molecule has 1 amide bonds. The van der Waals surface area contributed by atoms with E-state index in [2.05, 4.69) is 15.0 Å². The molecule has 0 aliphatic heterocycles. The molecule has 1 heterocycles. The summed E-state index contributed by atoms with van der Waals surface area (Å²) in [7, 11) is 0.